The third-order valence-electron chi connectivity index (χ3n) is 10.1. The summed E-state index contributed by atoms with van der Waals surface area (Å²) in [5, 5.41) is 21.4. The van der Waals surface area contributed by atoms with E-state index in [1.165, 1.54) is 11.1 Å². The van der Waals surface area contributed by atoms with Crippen molar-refractivity contribution in [3.05, 3.63) is 118 Å². The van der Waals surface area contributed by atoms with Gasteiger partial charge in [-0.15, -0.1) is 0 Å². The molecule has 1 saturated heterocycles. The molecule has 2 aliphatic rings. The van der Waals surface area contributed by atoms with Gasteiger partial charge in [0.25, 0.3) is 0 Å². The highest BCUT2D eigenvalue weighted by Crippen LogP contribution is 2.40. The number of aliphatic hydroxyl groups excluding tert-OH is 1. The van der Waals surface area contributed by atoms with Crippen molar-refractivity contribution in [1.82, 2.24) is 10.2 Å². The van der Waals surface area contributed by atoms with Crippen LogP contribution in [0.25, 0.3) is 11.1 Å². The van der Waals surface area contributed by atoms with E-state index in [1.54, 1.807) is 14.2 Å². The lowest BCUT2D eigenvalue weighted by Crippen LogP contribution is -2.41. The third kappa shape index (κ3) is 10.2. The Labute approximate surface area is 311 Å². The van der Waals surface area contributed by atoms with E-state index in [0.717, 1.165) is 77.4 Å². The van der Waals surface area contributed by atoms with Gasteiger partial charge in [0.15, 0.2) is 17.8 Å². The van der Waals surface area contributed by atoms with Crippen molar-refractivity contribution in [2.75, 3.05) is 27.3 Å². The molecule has 0 bridgehead atoms. The van der Waals surface area contributed by atoms with Crippen LogP contribution >= 0.6 is 0 Å². The number of carboxylic acids is 1. The number of methoxy groups -OCH3 is 2. The van der Waals surface area contributed by atoms with Crippen LogP contribution in [0, 0.1) is 0 Å². The number of aliphatic carboxylic acids is 1. The van der Waals surface area contributed by atoms with Gasteiger partial charge in [-0.1, -0.05) is 73.2 Å². The number of nitrogens with one attached hydrogen (secondary N) is 1. The Hall–Kier alpha value is -4.74. The maximum atomic E-state index is 12.4. The average molecular weight is 723 g/mol. The van der Waals surface area contributed by atoms with Gasteiger partial charge < -0.3 is 34.5 Å². The topological polar surface area (TPSA) is 127 Å². The molecule has 10 heteroatoms. The quantitative estimate of drug-likeness (QED) is 0.104. The van der Waals surface area contributed by atoms with Gasteiger partial charge in [0.05, 0.1) is 33.0 Å². The first-order chi connectivity index (χ1) is 25.8. The highest BCUT2D eigenvalue weighted by molar-refractivity contribution is 5.76. The van der Waals surface area contributed by atoms with E-state index in [9.17, 15) is 14.7 Å². The second kappa shape index (κ2) is 18.3. The number of hydrogen-bond acceptors (Lipinski definition) is 8. The maximum absolute atomic E-state index is 12.4. The second-order valence-electron chi connectivity index (χ2n) is 13.9. The molecule has 0 aromatic heterocycles. The largest absolute Gasteiger partial charge is 0.493 e. The van der Waals surface area contributed by atoms with E-state index in [4.69, 9.17) is 24.1 Å². The fourth-order valence-electron chi connectivity index (χ4n) is 7.14. The number of amides is 1. The SMILES string of the molecule is COc1cc2c(cc1OC)CN(C[C@@H]1C[C@H](c3ccc(CO)cc3)O[C@H](c3ccc(-c4cccc(CNC(=O)CCCCCC(=O)O)c4)cc3)O1)CC2. The van der Waals surface area contributed by atoms with E-state index in [1.807, 2.05) is 36.4 Å². The zero-order valence-corrected chi connectivity index (χ0v) is 30.6. The van der Waals surface area contributed by atoms with Crippen molar-refractivity contribution in [1.29, 1.82) is 0 Å². The first-order valence-electron chi connectivity index (χ1n) is 18.5. The fourth-order valence-corrected chi connectivity index (χ4v) is 7.14. The Morgan fingerprint density at radius 3 is 2.25 bits per heavy atom. The second-order valence-corrected chi connectivity index (χ2v) is 13.9. The number of nitrogens with zero attached hydrogens (tertiary/aromatic N) is 1. The van der Waals surface area contributed by atoms with E-state index in [2.05, 4.69) is 58.7 Å². The fraction of sp³-hybridized carbons (Fsp3) is 0.395. The van der Waals surface area contributed by atoms with Gasteiger partial charge >= 0.3 is 5.97 Å². The molecule has 1 amide bonds. The highest BCUT2D eigenvalue weighted by Gasteiger charge is 2.34. The van der Waals surface area contributed by atoms with Gasteiger partial charge in [0.1, 0.15) is 0 Å². The standard InChI is InChI=1S/C43H50N2O8/c1-50-39-22-35-19-20-45(26-36(35)23-40(39)51-2)27-37-24-38(32-13-11-29(28-46)12-14-32)53-43(52-37)33-17-15-31(16-18-33)34-8-6-7-30(21-34)25-44-41(47)9-4-3-5-10-42(48)49/h6-8,11-18,21-23,37-38,43,46H,3-5,9-10,19-20,24-28H2,1-2H3,(H,44,47)(H,48,49)/t37-,38+,43+/m0/s1. The summed E-state index contributed by atoms with van der Waals surface area (Å²) in [7, 11) is 3.33. The smallest absolute Gasteiger partial charge is 0.303 e. The Kier molecular flexibility index (Phi) is 13.1. The van der Waals surface area contributed by atoms with E-state index >= 15 is 0 Å². The van der Waals surface area contributed by atoms with Crippen LogP contribution in [0.4, 0.5) is 0 Å². The van der Waals surface area contributed by atoms with Gasteiger partial charge in [-0.2, -0.15) is 0 Å². The van der Waals surface area contributed by atoms with Crippen LogP contribution in [0.5, 0.6) is 11.5 Å². The first kappa shape index (κ1) is 38.0. The van der Waals surface area contributed by atoms with Crippen LogP contribution < -0.4 is 14.8 Å². The number of carboxylic acid groups (broad SMARTS) is 1. The third-order valence-corrected chi connectivity index (χ3v) is 10.1. The number of aliphatic hydroxyl groups is 1. The monoisotopic (exact) mass is 722 g/mol. The normalized spacial score (nSPS) is 18.6. The lowest BCUT2D eigenvalue weighted by molar-refractivity contribution is -0.253. The summed E-state index contributed by atoms with van der Waals surface area (Å²) < 4.78 is 24.5. The predicted molar refractivity (Wildman–Crippen MR) is 201 cm³/mol. The van der Waals surface area contributed by atoms with Crippen molar-refractivity contribution in [2.45, 2.75) is 83.1 Å². The van der Waals surface area contributed by atoms with Crippen molar-refractivity contribution >= 4 is 11.9 Å². The Balaban J connectivity index is 1.12. The summed E-state index contributed by atoms with van der Waals surface area (Å²) in [6.45, 7) is 2.88. The molecule has 3 atom stereocenters. The summed E-state index contributed by atoms with van der Waals surface area (Å²) in [5.41, 5.74) is 8.46. The lowest BCUT2D eigenvalue weighted by Gasteiger charge is -2.39. The van der Waals surface area contributed by atoms with Gasteiger partial charge in [0.2, 0.25) is 5.91 Å². The number of benzene rings is 4. The molecule has 10 nitrogen and oxygen atoms in total. The molecule has 0 unspecified atom stereocenters. The zero-order chi connectivity index (χ0) is 37.2. The predicted octanol–water partition coefficient (Wildman–Crippen LogP) is 7.12. The summed E-state index contributed by atoms with van der Waals surface area (Å²) in [6, 6.07) is 28.5. The molecule has 0 radical (unpaired) electrons. The van der Waals surface area contributed by atoms with E-state index in [0.29, 0.717) is 32.2 Å². The number of unbranched alkanes of at least 4 members (excludes halogenated alkanes) is 2. The summed E-state index contributed by atoms with van der Waals surface area (Å²) in [6.07, 6.45) is 3.32. The molecule has 3 N–H and O–H groups in total. The van der Waals surface area contributed by atoms with Crippen molar-refractivity contribution < 1.29 is 38.7 Å². The minimum atomic E-state index is -0.803. The molecule has 0 aliphatic carbocycles. The van der Waals surface area contributed by atoms with E-state index < -0.39 is 12.3 Å². The number of rotatable bonds is 16. The van der Waals surface area contributed by atoms with Crippen molar-refractivity contribution in [2.24, 2.45) is 0 Å². The van der Waals surface area contributed by atoms with Gasteiger partial charge in [-0.25, -0.2) is 0 Å². The molecule has 1 fully saturated rings. The van der Waals surface area contributed by atoms with Crippen LogP contribution in [-0.2, 0) is 45.2 Å². The summed E-state index contributed by atoms with van der Waals surface area (Å²) in [4.78, 5) is 25.5. The van der Waals surface area contributed by atoms with Crippen LogP contribution in [-0.4, -0.2) is 60.4 Å². The Bertz CT molecular complexity index is 1830. The Morgan fingerprint density at radius 2 is 1.53 bits per heavy atom. The van der Waals surface area contributed by atoms with Crippen molar-refractivity contribution in [3.8, 4) is 22.6 Å². The maximum Gasteiger partial charge on any atom is 0.303 e. The van der Waals surface area contributed by atoms with Crippen LogP contribution in [0.3, 0.4) is 0 Å². The summed E-state index contributed by atoms with van der Waals surface area (Å²) in [5.74, 6) is 0.659. The number of carbonyl (C=O) groups excluding carboxylic acids is 1. The minimum absolute atomic E-state index is 0.00523. The van der Waals surface area contributed by atoms with Gasteiger partial charge in [-0.05, 0) is 76.4 Å². The molecule has 53 heavy (non-hydrogen) atoms. The number of fused-ring (bicyclic) bond motifs is 1. The van der Waals surface area contributed by atoms with Crippen LogP contribution in [0.2, 0.25) is 0 Å². The molecule has 2 heterocycles. The van der Waals surface area contributed by atoms with Crippen LogP contribution in [0.1, 0.15) is 84.3 Å². The number of ether oxygens (including phenoxy) is 4. The highest BCUT2D eigenvalue weighted by atomic mass is 16.7. The molecule has 280 valence electrons. The number of carbonyl (C=O) groups is 2. The first-order valence-corrected chi connectivity index (χ1v) is 18.5. The van der Waals surface area contributed by atoms with Crippen molar-refractivity contribution in [3.63, 3.8) is 0 Å². The minimum Gasteiger partial charge on any atom is -0.493 e. The molecular weight excluding hydrogens is 672 g/mol. The molecule has 4 aromatic carbocycles. The molecule has 2 aliphatic heterocycles. The van der Waals surface area contributed by atoms with E-state index in [-0.39, 0.29) is 31.1 Å². The summed E-state index contributed by atoms with van der Waals surface area (Å²) >= 11 is 0. The van der Waals surface area contributed by atoms with Gasteiger partial charge in [0, 0.05) is 51.0 Å². The molecule has 0 spiro atoms. The van der Waals surface area contributed by atoms with Gasteiger partial charge in [-0.3, -0.25) is 14.5 Å². The molecule has 4 aromatic rings. The Morgan fingerprint density at radius 1 is 0.811 bits per heavy atom. The molecular formula is C43H50N2O8. The molecule has 0 saturated carbocycles. The zero-order valence-electron chi connectivity index (χ0n) is 30.6. The number of hydrogen-bond donors (Lipinski definition) is 3. The van der Waals surface area contributed by atoms with Crippen LogP contribution in [0.15, 0.2) is 84.9 Å². The molecule has 6 rings (SSSR count). The average Bonchev–Trinajstić information content (AvgIpc) is 3.19. The lowest BCUT2D eigenvalue weighted by atomic mass is 9.96.